The Kier molecular flexibility index (Phi) is 5.30. The second kappa shape index (κ2) is 7.40. The monoisotopic (exact) mass is 313 g/mol. The van der Waals surface area contributed by atoms with Crippen LogP contribution in [0.15, 0.2) is 36.4 Å². The summed E-state index contributed by atoms with van der Waals surface area (Å²) in [5, 5.41) is 6.63. The van der Waals surface area contributed by atoms with Crippen molar-refractivity contribution in [1.82, 2.24) is 15.1 Å². The zero-order valence-electron chi connectivity index (χ0n) is 13.4. The van der Waals surface area contributed by atoms with Gasteiger partial charge in [0.15, 0.2) is 0 Å². The second-order valence-corrected chi connectivity index (χ2v) is 5.03. The number of carbonyl (C=O) groups is 2. The number of carbonyl (C=O) groups excluding carboxylic acids is 2. The van der Waals surface area contributed by atoms with Crippen molar-refractivity contribution in [2.75, 3.05) is 13.7 Å². The molecule has 0 fully saturated rings. The summed E-state index contributed by atoms with van der Waals surface area (Å²) >= 11 is 0. The van der Waals surface area contributed by atoms with Crippen molar-refractivity contribution in [2.24, 2.45) is 0 Å². The van der Waals surface area contributed by atoms with Gasteiger partial charge in [0.1, 0.15) is 5.75 Å². The lowest BCUT2D eigenvalue weighted by Gasteiger charge is -2.05. The minimum absolute atomic E-state index is 0.114. The minimum atomic E-state index is -0.356. The second-order valence-electron chi connectivity index (χ2n) is 5.03. The van der Waals surface area contributed by atoms with Gasteiger partial charge in [0.05, 0.1) is 19.3 Å². The molecule has 23 heavy (non-hydrogen) atoms. The zero-order chi connectivity index (χ0) is 16.8. The molecule has 0 unspecified atom stereocenters. The van der Waals surface area contributed by atoms with E-state index in [4.69, 9.17) is 4.74 Å². The number of benzene rings is 1. The summed E-state index contributed by atoms with van der Waals surface area (Å²) in [5.74, 6) is 0.0377. The van der Waals surface area contributed by atoms with E-state index in [2.05, 4.69) is 10.4 Å². The van der Waals surface area contributed by atoms with E-state index in [1.54, 1.807) is 26.2 Å². The van der Waals surface area contributed by atoms with E-state index >= 15 is 0 Å². The molecule has 0 aliphatic carbocycles. The first-order valence-corrected chi connectivity index (χ1v) is 7.16. The van der Waals surface area contributed by atoms with Gasteiger partial charge < -0.3 is 10.1 Å². The van der Waals surface area contributed by atoms with Crippen molar-refractivity contribution in [3.63, 3.8) is 0 Å². The average Bonchev–Trinajstić information content (AvgIpc) is 2.89. The van der Waals surface area contributed by atoms with E-state index in [9.17, 15) is 9.59 Å². The topological polar surface area (TPSA) is 73.2 Å². The van der Waals surface area contributed by atoms with Crippen LogP contribution in [0.25, 0.3) is 6.08 Å². The Hall–Kier alpha value is -2.89. The molecular weight excluding hydrogens is 294 g/mol. The maximum Gasteiger partial charge on any atom is 0.266 e. The summed E-state index contributed by atoms with van der Waals surface area (Å²) in [5.41, 5.74) is 2.29. The van der Waals surface area contributed by atoms with Crippen molar-refractivity contribution in [3.05, 3.63) is 53.4 Å². The van der Waals surface area contributed by atoms with Crippen molar-refractivity contribution in [3.8, 4) is 5.75 Å². The molecule has 2 aromatic rings. The molecular formula is C17H19N3O3. The van der Waals surface area contributed by atoms with Crippen molar-refractivity contribution in [1.29, 1.82) is 0 Å². The molecule has 6 heteroatoms. The van der Waals surface area contributed by atoms with E-state index in [-0.39, 0.29) is 18.4 Å². The number of aromatic nitrogens is 2. The van der Waals surface area contributed by atoms with Crippen LogP contribution in [0.2, 0.25) is 0 Å². The fourth-order valence-corrected chi connectivity index (χ4v) is 2.15. The summed E-state index contributed by atoms with van der Waals surface area (Å²) in [4.78, 5) is 23.8. The van der Waals surface area contributed by atoms with E-state index in [0.717, 1.165) is 17.0 Å². The summed E-state index contributed by atoms with van der Waals surface area (Å²) in [7, 11) is 1.57. The van der Waals surface area contributed by atoms with Gasteiger partial charge in [-0.1, -0.05) is 18.2 Å². The van der Waals surface area contributed by atoms with Crippen molar-refractivity contribution < 1.29 is 14.3 Å². The number of ether oxygens (including phenoxy) is 1. The molecule has 0 bridgehead atoms. The van der Waals surface area contributed by atoms with Crippen LogP contribution in [-0.4, -0.2) is 35.2 Å². The van der Waals surface area contributed by atoms with Gasteiger partial charge >= 0.3 is 0 Å². The van der Waals surface area contributed by atoms with E-state index in [1.807, 2.05) is 31.2 Å². The molecule has 1 aromatic carbocycles. The molecule has 1 amide bonds. The predicted octanol–water partition coefficient (Wildman–Crippen LogP) is 1.98. The van der Waals surface area contributed by atoms with E-state index in [0.29, 0.717) is 5.75 Å². The molecule has 1 aromatic heterocycles. The summed E-state index contributed by atoms with van der Waals surface area (Å²) < 4.78 is 6.49. The Morgan fingerprint density at radius 3 is 2.70 bits per heavy atom. The predicted molar refractivity (Wildman–Crippen MR) is 87.4 cm³/mol. The lowest BCUT2D eigenvalue weighted by Crippen LogP contribution is -2.32. The van der Waals surface area contributed by atoms with Gasteiger partial charge in [0, 0.05) is 17.3 Å². The maximum absolute atomic E-state index is 12.0. The number of para-hydroxylation sites is 1. The average molecular weight is 313 g/mol. The third-order valence-corrected chi connectivity index (χ3v) is 3.21. The third kappa shape index (κ3) is 4.29. The number of methoxy groups -OCH3 is 1. The van der Waals surface area contributed by atoms with Crippen LogP contribution < -0.4 is 10.1 Å². The molecule has 1 heterocycles. The molecule has 0 aliphatic rings. The van der Waals surface area contributed by atoms with Crippen LogP contribution in [0.1, 0.15) is 21.7 Å². The maximum atomic E-state index is 12.0. The van der Waals surface area contributed by atoms with Crippen LogP contribution in [-0.2, 0) is 4.79 Å². The first-order valence-electron chi connectivity index (χ1n) is 7.16. The fourth-order valence-electron chi connectivity index (χ4n) is 2.15. The highest BCUT2D eigenvalue weighted by atomic mass is 16.5. The summed E-state index contributed by atoms with van der Waals surface area (Å²) in [6.07, 6.45) is 3.01. The van der Waals surface area contributed by atoms with Gasteiger partial charge in [-0.25, -0.2) is 4.68 Å². The van der Waals surface area contributed by atoms with Gasteiger partial charge in [0.2, 0.25) is 5.91 Å². The number of hydrogen-bond acceptors (Lipinski definition) is 4. The largest absolute Gasteiger partial charge is 0.496 e. The number of nitrogens with one attached hydrogen (secondary N) is 1. The zero-order valence-corrected chi connectivity index (χ0v) is 13.4. The Balaban J connectivity index is 1.93. The first kappa shape index (κ1) is 16.5. The molecule has 0 saturated heterocycles. The molecule has 6 nitrogen and oxygen atoms in total. The number of rotatable bonds is 5. The molecule has 0 spiro atoms. The van der Waals surface area contributed by atoms with Crippen LogP contribution in [0.4, 0.5) is 0 Å². The van der Waals surface area contributed by atoms with Gasteiger partial charge in [-0.3, -0.25) is 9.59 Å². The molecule has 2 rings (SSSR count). The van der Waals surface area contributed by atoms with Gasteiger partial charge in [-0.15, -0.1) is 0 Å². The highest BCUT2D eigenvalue weighted by Crippen LogP contribution is 2.18. The van der Waals surface area contributed by atoms with Crippen LogP contribution in [0, 0.1) is 13.8 Å². The summed E-state index contributed by atoms with van der Waals surface area (Å²) in [6, 6.07) is 9.16. The Bertz CT molecular complexity index is 747. The standard InChI is InChI=1S/C17H19N3O3/c1-12-10-13(2)20(19-12)17(22)11-18-16(21)9-8-14-6-4-5-7-15(14)23-3/h4-10H,11H2,1-3H3,(H,18,21)/b9-8+. The Labute approximate surface area is 134 Å². The van der Waals surface area contributed by atoms with Crippen LogP contribution in [0.5, 0.6) is 5.75 Å². The number of aryl methyl sites for hydroxylation is 2. The van der Waals surface area contributed by atoms with E-state index < -0.39 is 0 Å². The molecule has 0 atom stereocenters. The molecule has 0 aliphatic heterocycles. The molecule has 1 N–H and O–H groups in total. The molecule has 0 radical (unpaired) electrons. The molecule has 0 saturated carbocycles. The minimum Gasteiger partial charge on any atom is -0.496 e. The normalized spacial score (nSPS) is 10.7. The number of hydrogen-bond donors (Lipinski definition) is 1. The fraction of sp³-hybridized carbons (Fsp3) is 0.235. The van der Waals surface area contributed by atoms with Gasteiger partial charge in [-0.2, -0.15) is 5.10 Å². The lowest BCUT2D eigenvalue weighted by molar-refractivity contribution is -0.116. The number of nitrogens with zero attached hydrogens (tertiary/aromatic N) is 2. The third-order valence-electron chi connectivity index (χ3n) is 3.21. The van der Waals surface area contributed by atoms with Crippen LogP contribution in [0.3, 0.4) is 0 Å². The number of amides is 1. The van der Waals surface area contributed by atoms with Gasteiger partial charge in [-0.05, 0) is 32.1 Å². The highest BCUT2D eigenvalue weighted by molar-refractivity contribution is 5.94. The van der Waals surface area contributed by atoms with Crippen molar-refractivity contribution in [2.45, 2.75) is 13.8 Å². The highest BCUT2D eigenvalue weighted by Gasteiger charge is 2.10. The van der Waals surface area contributed by atoms with Crippen molar-refractivity contribution >= 4 is 17.9 Å². The smallest absolute Gasteiger partial charge is 0.266 e. The SMILES string of the molecule is COc1ccccc1/C=C/C(=O)NCC(=O)n1nc(C)cc1C. The van der Waals surface area contributed by atoms with Gasteiger partial charge in [0.25, 0.3) is 5.91 Å². The summed E-state index contributed by atoms with van der Waals surface area (Å²) in [6.45, 7) is 3.49. The molecule has 120 valence electrons. The lowest BCUT2D eigenvalue weighted by atomic mass is 10.2. The van der Waals surface area contributed by atoms with E-state index in [1.165, 1.54) is 10.8 Å². The Morgan fingerprint density at radius 1 is 1.30 bits per heavy atom. The van der Waals surface area contributed by atoms with Crippen LogP contribution >= 0.6 is 0 Å². The quantitative estimate of drug-likeness (QED) is 0.857. The Morgan fingerprint density at radius 2 is 2.04 bits per heavy atom. The first-order chi connectivity index (χ1) is 11.0.